The monoisotopic (exact) mass is 628 g/mol. The summed E-state index contributed by atoms with van der Waals surface area (Å²) in [6.45, 7) is 9.35. The maximum absolute atomic E-state index is 14.0. The van der Waals surface area contributed by atoms with Crippen molar-refractivity contribution in [2.45, 2.75) is 51.5 Å². The summed E-state index contributed by atoms with van der Waals surface area (Å²) < 4.78 is 43.7. The molecule has 1 N–H and O–H groups in total. The number of anilines is 1. The number of aromatic nitrogens is 4. The third kappa shape index (κ3) is 5.28. The second-order valence-electron chi connectivity index (χ2n) is 10.8. The molecule has 1 atom stereocenters. The highest BCUT2D eigenvalue weighted by atomic mass is 79.9. The van der Waals surface area contributed by atoms with Crippen LogP contribution in [0.25, 0.3) is 16.7 Å². The second kappa shape index (κ2) is 10.2. The van der Waals surface area contributed by atoms with E-state index < -0.39 is 29.2 Å². The number of alkyl halides is 3. The van der Waals surface area contributed by atoms with Crippen molar-refractivity contribution in [1.82, 2.24) is 24.0 Å². The quantitative estimate of drug-likeness (QED) is 0.280. The van der Waals surface area contributed by atoms with Gasteiger partial charge in [-0.1, -0.05) is 22.0 Å². The van der Waals surface area contributed by atoms with Crippen molar-refractivity contribution in [3.63, 3.8) is 0 Å². The number of hydrogen-bond donors (Lipinski definition) is 1. The molecule has 0 saturated carbocycles. The molecule has 0 saturated heterocycles. The van der Waals surface area contributed by atoms with Gasteiger partial charge in [0.05, 0.1) is 46.4 Å². The topological polar surface area (TPSA) is 85.1 Å². The molecule has 2 aromatic carbocycles. The van der Waals surface area contributed by atoms with E-state index in [0.29, 0.717) is 22.5 Å². The van der Waals surface area contributed by atoms with Crippen LogP contribution < -0.4 is 10.9 Å². The molecule has 214 valence electrons. The highest BCUT2D eigenvalue weighted by molar-refractivity contribution is 9.10. The van der Waals surface area contributed by atoms with Gasteiger partial charge >= 0.3 is 6.18 Å². The number of aryl methyl sites for hydroxylation is 1. The minimum atomic E-state index is -4.63. The Morgan fingerprint density at radius 1 is 1.20 bits per heavy atom. The lowest BCUT2D eigenvalue weighted by Crippen LogP contribution is -2.46. The zero-order valence-electron chi connectivity index (χ0n) is 22.9. The summed E-state index contributed by atoms with van der Waals surface area (Å²) in [4.78, 5) is 38.2. The first-order valence-electron chi connectivity index (χ1n) is 12.9. The molecule has 1 aliphatic rings. The molecule has 0 spiro atoms. The van der Waals surface area contributed by atoms with Gasteiger partial charge in [-0.2, -0.15) is 13.2 Å². The molecule has 1 amide bonds. The van der Waals surface area contributed by atoms with Gasteiger partial charge in [-0.05, 0) is 63.6 Å². The van der Waals surface area contributed by atoms with Crippen LogP contribution >= 0.6 is 15.9 Å². The molecule has 0 aliphatic carbocycles. The molecular formula is C29H28BrF3N6O2. The minimum Gasteiger partial charge on any atom is -0.347 e. The largest absolute Gasteiger partial charge is 0.417 e. The first-order valence-corrected chi connectivity index (χ1v) is 13.6. The average Bonchev–Trinajstić information content (AvgIpc) is 3.28. The van der Waals surface area contributed by atoms with E-state index in [1.54, 1.807) is 19.3 Å². The van der Waals surface area contributed by atoms with E-state index in [1.165, 1.54) is 21.6 Å². The van der Waals surface area contributed by atoms with Gasteiger partial charge in [0.2, 0.25) is 5.95 Å². The normalized spacial score (nSPS) is 15.6. The minimum absolute atomic E-state index is 0.0364. The van der Waals surface area contributed by atoms with Gasteiger partial charge in [0.15, 0.2) is 0 Å². The van der Waals surface area contributed by atoms with E-state index >= 15 is 0 Å². The molecule has 1 aliphatic heterocycles. The lowest BCUT2D eigenvalue weighted by atomic mass is 9.98. The van der Waals surface area contributed by atoms with Crippen LogP contribution in [0.3, 0.4) is 0 Å². The van der Waals surface area contributed by atoms with Gasteiger partial charge in [-0.3, -0.25) is 9.59 Å². The van der Waals surface area contributed by atoms with E-state index in [9.17, 15) is 22.8 Å². The zero-order chi connectivity index (χ0) is 29.9. The summed E-state index contributed by atoms with van der Waals surface area (Å²) in [5.74, 6) is -0.326. The van der Waals surface area contributed by atoms with Crippen LogP contribution in [0.5, 0.6) is 0 Å². The van der Waals surface area contributed by atoms with E-state index in [1.807, 2.05) is 43.7 Å². The molecule has 0 fully saturated rings. The molecule has 2 aromatic heterocycles. The Morgan fingerprint density at radius 3 is 2.61 bits per heavy atom. The Hall–Kier alpha value is -3.93. The molecule has 5 rings (SSSR count). The molecule has 0 radical (unpaired) electrons. The van der Waals surface area contributed by atoms with Gasteiger partial charge in [0.1, 0.15) is 0 Å². The Balaban J connectivity index is 1.60. The maximum atomic E-state index is 14.0. The van der Waals surface area contributed by atoms with Crippen LogP contribution in [-0.2, 0) is 26.2 Å². The Bertz CT molecular complexity index is 1760. The number of nitrogens with one attached hydrogen (secondary N) is 1. The third-order valence-corrected chi connectivity index (χ3v) is 8.00. The van der Waals surface area contributed by atoms with Crippen molar-refractivity contribution >= 4 is 38.8 Å². The molecule has 12 heteroatoms. The summed E-state index contributed by atoms with van der Waals surface area (Å²) >= 11 is 2.92. The van der Waals surface area contributed by atoms with Crippen LogP contribution in [0, 0.1) is 0 Å². The first-order chi connectivity index (χ1) is 19.2. The zero-order valence-corrected chi connectivity index (χ0v) is 24.5. The second-order valence-corrected chi connectivity index (χ2v) is 11.6. The number of halogens is 4. The summed E-state index contributed by atoms with van der Waals surface area (Å²) in [5, 5.41) is 3.27. The average molecular weight is 629 g/mol. The molecule has 3 heterocycles. The summed E-state index contributed by atoms with van der Waals surface area (Å²) in [6, 6.07) is 8.45. The number of hydrogen-bond acceptors (Lipinski definition) is 5. The number of imidazole rings is 1. The van der Waals surface area contributed by atoms with Gasteiger partial charge in [0, 0.05) is 28.7 Å². The lowest BCUT2D eigenvalue weighted by Gasteiger charge is -2.35. The predicted octanol–water partition coefficient (Wildman–Crippen LogP) is 5.86. The van der Waals surface area contributed by atoms with Crippen LogP contribution in [0.4, 0.5) is 19.1 Å². The van der Waals surface area contributed by atoms with Crippen molar-refractivity contribution < 1.29 is 18.0 Å². The SMILES string of the molecule is C=CC(C)(C)Nc1nc2c(c(=O)n1-c1ccc3c(c1)ncn3C)C[C@@H](C)N(C(=O)c1ccc(Br)c(C(F)(F)F)c1)C2. The number of carbonyl (C=O) groups is 1. The molecular weight excluding hydrogens is 601 g/mol. The van der Waals surface area contributed by atoms with E-state index in [-0.39, 0.29) is 34.5 Å². The fourth-order valence-corrected chi connectivity index (χ4v) is 5.37. The van der Waals surface area contributed by atoms with Gasteiger partial charge < -0.3 is 14.8 Å². The van der Waals surface area contributed by atoms with Gasteiger partial charge in [-0.15, -0.1) is 6.58 Å². The number of nitrogens with zero attached hydrogens (tertiary/aromatic N) is 5. The Morgan fingerprint density at radius 2 is 1.93 bits per heavy atom. The van der Waals surface area contributed by atoms with Crippen molar-refractivity contribution in [3.05, 3.63) is 92.6 Å². The number of benzene rings is 2. The molecule has 4 aromatic rings. The Kier molecular flexibility index (Phi) is 7.09. The van der Waals surface area contributed by atoms with Crippen LogP contribution in [0.1, 0.15) is 48.0 Å². The number of rotatable bonds is 5. The maximum Gasteiger partial charge on any atom is 0.417 e. The highest BCUT2D eigenvalue weighted by Crippen LogP contribution is 2.36. The molecule has 8 nitrogen and oxygen atoms in total. The number of carbonyl (C=O) groups excluding carboxylic acids is 1. The highest BCUT2D eigenvalue weighted by Gasteiger charge is 2.36. The predicted molar refractivity (Wildman–Crippen MR) is 154 cm³/mol. The van der Waals surface area contributed by atoms with Gasteiger partial charge in [0.25, 0.3) is 11.5 Å². The summed E-state index contributed by atoms with van der Waals surface area (Å²) in [7, 11) is 1.88. The molecule has 41 heavy (non-hydrogen) atoms. The van der Waals surface area contributed by atoms with Crippen LogP contribution in [-0.4, -0.2) is 41.5 Å². The van der Waals surface area contributed by atoms with Crippen molar-refractivity contribution in [3.8, 4) is 5.69 Å². The van der Waals surface area contributed by atoms with Crippen LogP contribution in [0.15, 0.2) is 64.6 Å². The fourth-order valence-electron chi connectivity index (χ4n) is 4.90. The van der Waals surface area contributed by atoms with E-state index in [4.69, 9.17) is 4.98 Å². The third-order valence-electron chi connectivity index (χ3n) is 7.31. The van der Waals surface area contributed by atoms with E-state index in [2.05, 4.69) is 32.8 Å². The molecule has 0 unspecified atom stereocenters. The molecule has 0 bridgehead atoms. The van der Waals surface area contributed by atoms with Crippen molar-refractivity contribution in [1.29, 1.82) is 0 Å². The standard InChI is InChI=1S/C29H28BrF3N6O2/c1-6-28(3,4)36-27-35-23-14-38(25(40)17-7-9-21(30)20(12-17)29(31,32)33)16(2)11-19(23)26(41)39(27)18-8-10-24-22(13-18)34-15-37(24)5/h6-10,12-13,15-16H,1,11,14H2,2-5H3,(H,35,36)/t16-/m1/s1. The van der Waals surface area contributed by atoms with Crippen molar-refractivity contribution in [2.24, 2.45) is 7.05 Å². The van der Waals surface area contributed by atoms with Crippen molar-refractivity contribution in [2.75, 3.05) is 5.32 Å². The smallest absolute Gasteiger partial charge is 0.347 e. The van der Waals surface area contributed by atoms with Gasteiger partial charge in [-0.25, -0.2) is 14.5 Å². The Labute approximate surface area is 242 Å². The fraction of sp³-hybridized carbons (Fsp3) is 0.310. The number of amides is 1. The van der Waals surface area contributed by atoms with E-state index in [0.717, 1.165) is 11.6 Å². The summed E-state index contributed by atoms with van der Waals surface area (Å²) in [6.07, 6.45) is -1.06. The number of fused-ring (bicyclic) bond motifs is 2. The van der Waals surface area contributed by atoms with Crippen LogP contribution in [0.2, 0.25) is 0 Å². The first kappa shape index (κ1) is 28.6. The lowest BCUT2D eigenvalue weighted by molar-refractivity contribution is -0.138. The summed E-state index contributed by atoms with van der Waals surface area (Å²) in [5.41, 5.74) is 1.03.